The van der Waals surface area contributed by atoms with E-state index in [4.69, 9.17) is 9.84 Å². The second kappa shape index (κ2) is 6.82. The molecule has 1 N–H and O–H groups in total. The van der Waals surface area contributed by atoms with Gasteiger partial charge in [0.25, 0.3) is 5.91 Å². The number of amides is 1. The summed E-state index contributed by atoms with van der Waals surface area (Å²) in [5, 5.41) is 13.1. The first-order valence-corrected chi connectivity index (χ1v) is 8.49. The fraction of sp³-hybridized carbons (Fsp3) is 0.421. The average molecular weight is 357 g/mol. The van der Waals surface area contributed by atoms with Crippen LogP contribution in [0.5, 0.6) is 5.75 Å². The average Bonchev–Trinajstić information content (AvgIpc) is 2.83. The van der Waals surface area contributed by atoms with Gasteiger partial charge in [-0.05, 0) is 30.0 Å². The molecule has 0 aliphatic carbocycles. The van der Waals surface area contributed by atoms with Gasteiger partial charge in [0.2, 0.25) is 0 Å². The van der Waals surface area contributed by atoms with Gasteiger partial charge >= 0.3 is 5.97 Å². The van der Waals surface area contributed by atoms with Crippen LogP contribution >= 0.6 is 0 Å². The summed E-state index contributed by atoms with van der Waals surface area (Å²) in [4.78, 5) is 25.6. The zero-order chi connectivity index (χ0) is 18.9. The first-order valence-electron chi connectivity index (χ1n) is 8.49. The molecule has 1 aromatic carbocycles. The normalized spacial score (nSPS) is 15.9. The van der Waals surface area contributed by atoms with Gasteiger partial charge in [-0.25, -0.2) is 4.79 Å². The third-order valence-corrected chi connectivity index (χ3v) is 4.50. The molecule has 138 valence electrons. The number of hydrogen-bond acceptors (Lipinski definition) is 4. The lowest BCUT2D eigenvalue weighted by Gasteiger charge is -2.30. The van der Waals surface area contributed by atoms with Crippen LogP contribution in [0.2, 0.25) is 0 Å². The number of carbonyl (C=O) groups is 2. The smallest absolute Gasteiger partial charge is 0.341 e. The summed E-state index contributed by atoms with van der Waals surface area (Å²) < 4.78 is 7.07. The minimum absolute atomic E-state index is 0.0773. The number of carboxylic acid groups (broad SMARTS) is 1. The Balaban J connectivity index is 1.85. The molecule has 0 saturated heterocycles. The molecule has 1 aliphatic rings. The van der Waals surface area contributed by atoms with Crippen molar-refractivity contribution in [2.45, 2.75) is 26.8 Å². The molecule has 0 radical (unpaired) electrons. The van der Waals surface area contributed by atoms with Crippen molar-refractivity contribution in [1.82, 2.24) is 14.7 Å². The lowest BCUT2D eigenvalue weighted by Crippen LogP contribution is -2.37. The summed E-state index contributed by atoms with van der Waals surface area (Å²) in [5.74, 6) is -0.787. The molecule has 0 atom stereocenters. The Morgan fingerprint density at radius 2 is 2.12 bits per heavy atom. The Morgan fingerprint density at radius 1 is 1.35 bits per heavy atom. The van der Waals surface area contributed by atoms with E-state index >= 15 is 0 Å². The van der Waals surface area contributed by atoms with E-state index in [1.54, 1.807) is 24.3 Å². The van der Waals surface area contributed by atoms with Crippen LogP contribution in [0, 0.1) is 5.41 Å². The van der Waals surface area contributed by atoms with Crippen molar-refractivity contribution in [2.24, 2.45) is 12.5 Å². The highest BCUT2D eigenvalue weighted by atomic mass is 16.5. The Morgan fingerprint density at radius 3 is 2.85 bits per heavy atom. The number of rotatable bonds is 4. The van der Waals surface area contributed by atoms with Crippen LogP contribution in [0.1, 0.15) is 35.5 Å². The van der Waals surface area contributed by atoms with Gasteiger partial charge in [0.05, 0.1) is 6.20 Å². The van der Waals surface area contributed by atoms with Gasteiger partial charge in [-0.1, -0.05) is 19.9 Å². The SMILES string of the molecule is Cn1ncc2c1CC(C)(C)CN(C(=O)c1cccc(OCC(=O)O)c1)C2. The highest BCUT2D eigenvalue weighted by Gasteiger charge is 2.32. The number of fused-ring (bicyclic) bond motifs is 1. The van der Waals surface area contributed by atoms with Gasteiger partial charge in [0.15, 0.2) is 6.61 Å². The van der Waals surface area contributed by atoms with E-state index in [2.05, 4.69) is 18.9 Å². The maximum atomic E-state index is 13.1. The third kappa shape index (κ3) is 3.87. The van der Waals surface area contributed by atoms with Crippen molar-refractivity contribution in [3.63, 3.8) is 0 Å². The van der Waals surface area contributed by atoms with Crippen LogP contribution in [0.4, 0.5) is 0 Å². The van der Waals surface area contributed by atoms with Crippen LogP contribution in [0.3, 0.4) is 0 Å². The van der Waals surface area contributed by atoms with E-state index in [0.29, 0.717) is 24.4 Å². The molecule has 3 rings (SSSR count). The molecule has 0 saturated carbocycles. The summed E-state index contributed by atoms with van der Waals surface area (Å²) >= 11 is 0. The van der Waals surface area contributed by atoms with E-state index in [1.807, 2.05) is 22.8 Å². The zero-order valence-corrected chi connectivity index (χ0v) is 15.2. The first kappa shape index (κ1) is 18.0. The molecule has 1 aromatic heterocycles. The number of hydrogen-bond donors (Lipinski definition) is 1. The fourth-order valence-electron chi connectivity index (χ4n) is 3.35. The summed E-state index contributed by atoms with van der Waals surface area (Å²) in [5.41, 5.74) is 2.62. The monoisotopic (exact) mass is 357 g/mol. The van der Waals surface area contributed by atoms with Crippen molar-refractivity contribution in [2.75, 3.05) is 13.2 Å². The van der Waals surface area contributed by atoms with Gasteiger partial charge in [0, 0.05) is 37.0 Å². The molecule has 0 spiro atoms. The largest absolute Gasteiger partial charge is 0.482 e. The minimum Gasteiger partial charge on any atom is -0.482 e. The molecule has 2 aromatic rings. The molecule has 0 unspecified atom stereocenters. The summed E-state index contributed by atoms with van der Waals surface area (Å²) in [6, 6.07) is 6.65. The predicted molar refractivity (Wildman–Crippen MR) is 95.0 cm³/mol. The van der Waals surface area contributed by atoms with Crippen molar-refractivity contribution in [1.29, 1.82) is 0 Å². The van der Waals surface area contributed by atoms with Gasteiger partial charge in [0.1, 0.15) is 5.75 Å². The van der Waals surface area contributed by atoms with Gasteiger partial charge in [-0.3, -0.25) is 9.48 Å². The van der Waals surface area contributed by atoms with Gasteiger partial charge < -0.3 is 14.7 Å². The van der Waals surface area contributed by atoms with E-state index in [1.165, 1.54) is 0 Å². The Kier molecular flexibility index (Phi) is 4.71. The standard InChI is InChI=1S/C19H23N3O4/c1-19(2)8-16-14(9-20-21(16)3)10-22(12-19)18(25)13-5-4-6-15(7-13)26-11-17(23)24/h4-7,9H,8,10-12H2,1-3H3,(H,23,24). The first-order chi connectivity index (χ1) is 12.2. The summed E-state index contributed by atoms with van der Waals surface area (Å²) in [6.07, 6.45) is 2.67. The van der Waals surface area contributed by atoms with Gasteiger partial charge in [-0.2, -0.15) is 5.10 Å². The van der Waals surface area contributed by atoms with Crippen molar-refractivity contribution < 1.29 is 19.4 Å². The number of aromatic nitrogens is 2. The Bertz CT molecular complexity index is 841. The molecule has 7 heteroatoms. The number of carboxylic acids is 1. The van der Waals surface area contributed by atoms with Crippen LogP contribution in [-0.4, -0.2) is 44.8 Å². The minimum atomic E-state index is -1.06. The number of carbonyl (C=O) groups excluding carboxylic acids is 1. The van der Waals surface area contributed by atoms with E-state index in [9.17, 15) is 9.59 Å². The maximum Gasteiger partial charge on any atom is 0.341 e. The lowest BCUT2D eigenvalue weighted by atomic mass is 9.87. The van der Waals surface area contributed by atoms with Crippen LogP contribution in [0.25, 0.3) is 0 Å². The quantitative estimate of drug-likeness (QED) is 0.906. The zero-order valence-electron chi connectivity index (χ0n) is 15.2. The van der Waals surface area contributed by atoms with Gasteiger partial charge in [-0.15, -0.1) is 0 Å². The van der Waals surface area contributed by atoms with Crippen molar-refractivity contribution >= 4 is 11.9 Å². The van der Waals surface area contributed by atoms with E-state index in [0.717, 1.165) is 17.7 Å². The lowest BCUT2D eigenvalue weighted by molar-refractivity contribution is -0.139. The van der Waals surface area contributed by atoms with Crippen LogP contribution < -0.4 is 4.74 Å². The van der Waals surface area contributed by atoms with Crippen molar-refractivity contribution in [3.8, 4) is 5.75 Å². The molecular formula is C19H23N3O4. The Hall–Kier alpha value is -2.83. The molecular weight excluding hydrogens is 334 g/mol. The molecule has 26 heavy (non-hydrogen) atoms. The third-order valence-electron chi connectivity index (χ3n) is 4.50. The Labute approximate surface area is 152 Å². The van der Waals surface area contributed by atoms with Crippen LogP contribution in [0.15, 0.2) is 30.5 Å². The second-order valence-corrected chi connectivity index (χ2v) is 7.45. The highest BCUT2D eigenvalue weighted by molar-refractivity contribution is 5.94. The topological polar surface area (TPSA) is 84.7 Å². The molecule has 0 fully saturated rings. The maximum absolute atomic E-state index is 13.1. The van der Waals surface area contributed by atoms with E-state index in [-0.39, 0.29) is 11.3 Å². The number of aryl methyl sites for hydroxylation is 1. The predicted octanol–water partition coefficient (Wildman–Crippen LogP) is 2.11. The summed E-state index contributed by atoms with van der Waals surface area (Å²) in [6.45, 7) is 4.98. The number of benzene rings is 1. The number of nitrogens with zero attached hydrogens (tertiary/aromatic N) is 3. The van der Waals surface area contributed by atoms with E-state index < -0.39 is 12.6 Å². The summed E-state index contributed by atoms with van der Waals surface area (Å²) in [7, 11) is 1.93. The number of ether oxygens (including phenoxy) is 1. The fourth-order valence-corrected chi connectivity index (χ4v) is 3.35. The molecule has 7 nitrogen and oxygen atoms in total. The van der Waals surface area contributed by atoms with Crippen LogP contribution in [-0.2, 0) is 24.8 Å². The molecule has 2 heterocycles. The number of aliphatic carboxylic acids is 1. The molecule has 0 bridgehead atoms. The van der Waals surface area contributed by atoms with Crippen molar-refractivity contribution in [3.05, 3.63) is 47.3 Å². The molecule has 1 amide bonds. The second-order valence-electron chi connectivity index (χ2n) is 7.45. The molecule has 1 aliphatic heterocycles. The highest BCUT2D eigenvalue weighted by Crippen LogP contribution is 2.31.